The van der Waals surface area contributed by atoms with Crippen molar-refractivity contribution in [1.29, 1.82) is 0 Å². The van der Waals surface area contributed by atoms with Gasteiger partial charge in [0, 0.05) is 6.04 Å². The Morgan fingerprint density at radius 3 is 2.75 bits per heavy atom. The summed E-state index contributed by atoms with van der Waals surface area (Å²) in [5.74, 6) is 0.838. The van der Waals surface area contributed by atoms with Crippen molar-refractivity contribution in [1.82, 2.24) is 0 Å². The normalized spacial score (nSPS) is 22.9. The predicted molar refractivity (Wildman–Crippen MR) is 79.3 cm³/mol. The minimum Gasteiger partial charge on any atom is -0.490 e. The summed E-state index contributed by atoms with van der Waals surface area (Å²) in [6.45, 7) is 2.22. The molecule has 0 spiro atoms. The largest absolute Gasteiger partial charge is 0.490 e. The number of ether oxygens (including phenoxy) is 1. The summed E-state index contributed by atoms with van der Waals surface area (Å²) in [5, 5.41) is 14.7. The summed E-state index contributed by atoms with van der Waals surface area (Å²) < 4.78 is 5.11. The zero-order chi connectivity index (χ0) is 14.5. The molecule has 20 heavy (non-hydrogen) atoms. The van der Waals surface area contributed by atoms with E-state index in [9.17, 15) is 10.1 Å². The van der Waals surface area contributed by atoms with E-state index in [1.165, 1.54) is 32.8 Å². The Hall–Kier alpha value is -1.78. The summed E-state index contributed by atoms with van der Waals surface area (Å²) in [7, 11) is 1.46. The van der Waals surface area contributed by atoms with Crippen LogP contribution in [0.25, 0.3) is 0 Å². The molecule has 0 saturated heterocycles. The Morgan fingerprint density at radius 1 is 1.30 bits per heavy atom. The van der Waals surface area contributed by atoms with Crippen molar-refractivity contribution in [3.8, 4) is 5.75 Å². The fraction of sp³-hybridized carbons (Fsp3) is 0.600. The van der Waals surface area contributed by atoms with Gasteiger partial charge in [-0.25, -0.2) is 0 Å². The summed E-state index contributed by atoms with van der Waals surface area (Å²) in [4.78, 5) is 10.9. The molecule has 0 aromatic heterocycles. The summed E-state index contributed by atoms with van der Waals surface area (Å²) in [6, 6.07) is 5.47. The van der Waals surface area contributed by atoms with Gasteiger partial charge in [-0.1, -0.05) is 32.3 Å². The van der Waals surface area contributed by atoms with Crippen LogP contribution in [0.3, 0.4) is 0 Å². The second-order valence-electron chi connectivity index (χ2n) is 5.48. The van der Waals surface area contributed by atoms with E-state index in [2.05, 4.69) is 12.2 Å². The number of rotatable bonds is 4. The van der Waals surface area contributed by atoms with Gasteiger partial charge >= 0.3 is 5.69 Å². The van der Waals surface area contributed by atoms with Crippen LogP contribution in [0.1, 0.15) is 39.0 Å². The molecule has 0 bridgehead atoms. The Labute approximate surface area is 119 Å². The minimum absolute atomic E-state index is 0.0337. The van der Waals surface area contributed by atoms with Gasteiger partial charge in [0.15, 0.2) is 5.75 Å². The first-order valence-corrected chi connectivity index (χ1v) is 7.21. The summed E-state index contributed by atoms with van der Waals surface area (Å²) >= 11 is 0. The molecule has 110 valence electrons. The van der Waals surface area contributed by atoms with Gasteiger partial charge in [0.2, 0.25) is 0 Å². The average Bonchev–Trinajstić information content (AvgIpc) is 2.63. The molecule has 0 aliphatic heterocycles. The van der Waals surface area contributed by atoms with E-state index in [1.807, 2.05) is 0 Å². The van der Waals surface area contributed by atoms with Crippen molar-refractivity contribution in [2.24, 2.45) is 5.92 Å². The number of hydrogen-bond acceptors (Lipinski definition) is 4. The molecule has 5 heteroatoms. The molecule has 5 nitrogen and oxygen atoms in total. The lowest BCUT2D eigenvalue weighted by atomic mass is 9.96. The van der Waals surface area contributed by atoms with E-state index < -0.39 is 0 Å². The van der Waals surface area contributed by atoms with Crippen LogP contribution in [0.4, 0.5) is 11.4 Å². The quantitative estimate of drug-likeness (QED) is 0.514. The Morgan fingerprint density at radius 2 is 2.05 bits per heavy atom. The van der Waals surface area contributed by atoms with Gasteiger partial charge in [-0.2, -0.15) is 0 Å². The van der Waals surface area contributed by atoms with Crippen LogP contribution in [0.5, 0.6) is 5.75 Å². The van der Waals surface area contributed by atoms with Crippen molar-refractivity contribution in [2.75, 3.05) is 12.4 Å². The molecule has 1 aliphatic carbocycles. The maximum absolute atomic E-state index is 11.3. The maximum Gasteiger partial charge on any atom is 0.333 e. The highest BCUT2D eigenvalue weighted by molar-refractivity contribution is 5.68. The third kappa shape index (κ3) is 3.21. The first-order valence-electron chi connectivity index (χ1n) is 7.21. The highest BCUT2D eigenvalue weighted by Gasteiger charge is 2.25. The lowest BCUT2D eigenvalue weighted by Crippen LogP contribution is -2.26. The molecular formula is C15H22N2O3. The first kappa shape index (κ1) is 14.6. The third-order valence-electron chi connectivity index (χ3n) is 4.10. The number of anilines is 1. The van der Waals surface area contributed by atoms with Crippen molar-refractivity contribution in [2.45, 2.75) is 45.1 Å². The zero-order valence-corrected chi connectivity index (χ0v) is 12.1. The van der Waals surface area contributed by atoms with E-state index in [-0.39, 0.29) is 10.6 Å². The van der Waals surface area contributed by atoms with Crippen LogP contribution in [-0.2, 0) is 0 Å². The van der Waals surface area contributed by atoms with Crippen molar-refractivity contribution >= 4 is 11.4 Å². The van der Waals surface area contributed by atoms with Gasteiger partial charge in [-0.3, -0.25) is 10.1 Å². The summed E-state index contributed by atoms with van der Waals surface area (Å²) in [6.07, 6.45) is 5.92. The highest BCUT2D eigenvalue weighted by atomic mass is 16.6. The van der Waals surface area contributed by atoms with Gasteiger partial charge in [0.05, 0.1) is 12.0 Å². The van der Waals surface area contributed by atoms with Crippen LogP contribution in [0, 0.1) is 16.0 Å². The fourth-order valence-corrected chi connectivity index (χ4v) is 2.90. The van der Waals surface area contributed by atoms with Gasteiger partial charge in [0.25, 0.3) is 0 Å². The predicted octanol–water partition coefficient (Wildman–Crippen LogP) is 3.98. The van der Waals surface area contributed by atoms with Crippen LogP contribution in [0.15, 0.2) is 18.2 Å². The Kier molecular flexibility index (Phi) is 4.82. The Bertz CT molecular complexity index is 476. The molecule has 2 unspecified atom stereocenters. The topological polar surface area (TPSA) is 64.4 Å². The number of hydrogen-bond donors (Lipinski definition) is 1. The minimum atomic E-state index is -0.372. The van der Waals surface area contributed by atoms with Gasteiger partial charge < -0.3 is 10.1 Å². The van der Waals surface area contributed by atoms with Crippen molar-refractivity contribution in [3.63, 3.8) is 0 Å². The molecule has 0 heterocycles. The highest BCUT2D eigenvalue weighted by Crippen LogP contribution is 2.36. The molecule has 1 saturated carbocycles. The van der Waals surface area contributed by atoms with Crippen molar-refractivity contribution < 1.29 is 9.66 Å². The summed E-state index contributed by atoms with van der Waals surface area (Å²) in [5.41, 5.74) is 0.597. The molecule has 1 aromatic rings. The standard InChI is InChI=1S/C15H22N2O3/c1-11-7-4-3-5-8-12(11)16-13-9-6-10-14(20-2)15(13)17(18)19/h6,9-12,16H,3-5,7-8H2,1-2H3. The third-order valence-corrected chi connectivity index (χ3v) is 4.10. The van der Waals surface area contributed by atoms with Crippen LogP contribution in [0.2, 0.25) is 0 Å². The van der Waals surface area contributed by atoms with Crippen molar-refractivity contribution in [3.05, 3.63) is 28.3 Å². The van der Waals surface area contributed by atoms with E-state index in [0.29, 0.717) is 23.4 Å². The number of nitro groups is 1. The molecule has 1 fully saturated rings. The molecule has 1 N–H and O–H groups in total. The van der Waals surface area contributed by atoms with Gasteiger partial charge in [-0.15, -0.1) is 0 Å². The van der Waals surface area contributed by atoms with E-state index in [1.54, 1.807) is 18.2 Å². The number of para-hydroxylation sites is 1. The SMILES string of the molecule is COc1cccc(NC2CCCCCC2C)c1[N+](=O)[O-]. The molecule has 1 aliphatic rings. The molecule has 2 rings (SSSR count). The smallest absolute Gasteiger partial charge is 0.333 e. The molecule has 0 radical (unpaired) electrons. The van der Waals surface area contributed by atoms with E-state index >= 15 is 0 Å². The number of methoxy groups -OCH3 is 1. The molecule has 1 aromatic carbocycles. The van der Waals surface area contributed by atoms with Crippen LogP contribution >= 0.6 is 0 Å². The number of nitrogens with zero attached hydrogens (tertiary/aromatic N) is 1. The monoisotopic (exact) mass is 278 g/mol. The van der Waals surface area contributed by atoms with Gasteiger partial charge in [-0.05, 0) is 30.9 Å². The van der Waals surface area contributed by atoms with E-state index in [4.69, 9.17) is 4.74 Å². The molecular weight excluding hydrogens is 256 g/mol. The second-order valence-corrected chi connectivity index (χ2v) is 5.48. The van der Waals surface area contributed by atoms with Crippen LogP contribution in [-0.4, -0.2) is 18.1 Å². The molecule has 0 amide bonds. The second kappa shape index (κ2) is 6.59. The number of nitrogens with one attached hydrogen (secondary N) is 1. The average molecular weight is 278 g/mol. The molecule has 2 atom stereocenters. The maximum atomic E-state index is 11.3. The lowest BCUT2D eigenvalue weighted by molar-refractivity contribution is -0.384. The first-order chi connectivity index (χ1) is 9.63. The van der Waals surface area contributed by atoms with E-state index in [0.717, 1.165) is 6.42 Å². The van der Waals surface area contributed by atoms with Crippen LogP contribution < -0.4 is 10.1 Å². The fourth-order valence-electron chi connectivity index (χ4n) is 2.90. The van der Waals surface area contributed by atoms with Gasteiger partial charge in [0.1, 0.15) is 5.69 Å². The lowest BCUT2D eigenvalue weighted by Gasteiger charge is -2.24. The number of benzene rings is 1. The Balaban J connectivity index is 2.25. The zero-order valence-electron chi connectivity index (χ0n) is 12.1. The number of nitro benzene ring substituents is 1.